The van der Waals surface area contributed by atoms with E-state index in [-0.39, 0.29) is 29.3 Å². The zero-order chi connectivity index (χ0) is 14.7. The number of hydrogen-bond donors (Lipinski definition) is 1. The van der Waals surface area contributed by atoms with E-state index in [1.807, 2.05) is 13.8 Å². The van der Waals surface area contributed by atoms with Crippen molar-refractivity contribution in [3.8, 4) is 0 Å². The van der Waals surface area contributed by atoms with E-state index in [2.05, 4.69) is 33.9 Å². The number of carbonyl (C=O) groups excluding carboxylic acids is 1. The first-order valence-corrected chi connectivity index (χ1v) is 9.64. The number of aliphatic hydroxyl groups excluding tert-OH is 1. The summed E-state index contributed by atoms with van der Waals surface area (Å²) in [5.41, 5.74) is 0. The van der Waals surface area contributed by atoms with Crippen LogP contribution in [0.5, 0.6) is 0 Å². The molecule has 0 aliphatic carbocycles. The fourth-order valence-corrected chi connectivity index (χ4v) is 3.05. The molecule has 0 radical (unpaired) electrons. The Bertz CT molecular complexity index is 279. The molecule has 0 aromatic rings. The fraction of sp³-hybridized carbons (Fsp3) is 0.929. The normalized spacial score (nSPS) is 16.8. The maximum atomic E-state index is 11.1. The summed E-state index contributed by atoms with van der Waals surface area (Å²) < 4.78 is 6.26. The van der Waals surface area contributed by atoms with Crippen molar-refractivity contribution in [2.45, 2.75) is 78.3 Å². The summed E-state index contributed by atoms with van der Waals surface area (Å²) in [4.78, 5) is 11.1. The molecule has 0 spiro atoms. The van der Waals surface area contributed by atoms with Crippen LogP contribution in [0.1, 0.15) is 48.0 Å². The van der Waals surface area contributed by atoms with Gasteiger partial charge in [-0.15, -0.1) is 0 Å². The number of rotatable bonds is 6. The Hall–Kier alpha value is -0.193. The molecule has 0 bridgehead atoms. The van der Waals surface area contributed by atoms with Gasteiger partial charge < -0.3 is 9.53 Å². The lowest BCUT2D eigenvalue weighted by atomic mass is 9.98. The summed E-state index contributed by atoms with van der Waals surface area (Å²) >= 11 is 0. The van der Waals surface area contributed by atoms with Gasteiger partial charge in [0.05, 0.1) is 12.2 Å². The first-order chi connectivity index (χ1) is 7.88. The summed E-state index contributed by atoms with van der Waals surface area (Å²) in [5.74, 6) is 0.209. The van der Waals surface area contributed by atoms with Crippen LogP contribution in [0, 0.1) is 5.92 Å². The molecule has 0 heterocycles. The average Bonchev–Trinajstić information content (AvgIpc) is 2.10. The first kappa shape index (κ1) is 17.8. The largest absolute Gasteiger partial charge is 0.411 e. The minimum atomic E-state index is -1.92. The van der Waals surface area contributed by atoms with Crippen molar-refractivity contribution in [2.24, 2.45) is 5.92 Å². The standard InChI is InChI=1S/C14H30O3Si/c1-10(2)13(12(16)9-11(3)15)17-18(7,8)14(4,5)6/h10,12-13,16H,9H2,1-8H3/t12-,13+/m0/s1. The van der Waals surface area contributed by atoms with Crippen LogP contribution in [0.25, 0.3) is 0 Å². The maximum absolute atomic E-state index is 11.1. The quantitative estimate of drug-likeness (QED) is 0.755. The van der Waals surface area contributed by atoms with Crippen LogP contribution in [0.15, 0.2) is 0 Å². The molecule has 0 amide bonds. The summed E-state index contributed by atoms with van der Waals surface area (Å²) in [6.45, 7) is 16.4. The molecule has 0 aromatic heterocycles. The predicted molar refractivity (Wildman–Crippen MR) is 78.2 cm³/mol. The van der Waals surface area contributed by atoms with Gasteiger partial charge in [-0.2, -0.15) is 0 Å². The second kappa shape index (κ2) is 6.31. The molecule has 108 valence electrons. The highest BCUT2D eigenvalue weighted by Crippen LogP contribution is 2.38. The zero-order valence-corrected chi connectivity index (χ0v) is 14.2. The van der Waals surface area contributed by atoms with E-state index in [0.29, 0.717) is 0 Å². The number of hydrogen-bond acceptors (Lipinski definition) is 3. The molecule has 0 aliphatic heterocycles. The van der Waals surface area contributed by atoms with Gasteiger partial charge in [0, 0.05) is 6.42 Å². The highest BCUT2D eigenvalue weighted by Gasteiger charge is 2.41. The van der Waals surface area contributed by atoms with Crippen LogP contribution < -0.4 is 0 Å². The van der Waals surface area contributed by atoms with Crippen LogP contribution in [-0.2, 0) is 9.22 Å². The molecule has 4 heteroatoms. The second-order valence-corrected chi connectivity index (χ2v) is 11.8. The Kier molecular flexibility index (Phi) is 6.24. The topological polar surface area (TPSA) is 46.5 Å². The Balaban J connectivity index is 4.89. The van der Waals surface area contributed by atoms with E-state index in [4.69, 9.17) is 4.43 Å². The third-order valence-corrected chi connectivity index (χ3v) is 8.24. The summed E-state index contributed by atoms with van der Waals surface area (Å²) in [7, 11) is -1.92. The molecule has 0 unspecified atom stereocenters. The smallest absolute Gasteiger partial charge is 0.192 e. The molecule has 0 aromatic carbocycles. The minimum absolute atomic E-state index is 0.00646. The summed E-state index contributed by atoms with van der Waals surface area (Å²) in [6.07, 6.45) is -0.774. The van der Waals surface area contributed by atoms with Crippen molar-refractivity contribution in [1.82, 2.24) is 0 Å². The third-order valence-electron chi connectivity index (χ3n) is 3.77. The number of ketones is 1. The van der Waals surface area contributed by atoms with Crippen molar-refractivity contribution in [1.29, 1.82) is 0 Å². The van der Waals surface area contributed by atoms with Crippen molar-refractivity contribution in [3.63, 3.8) is 0 Å². The number of Topliss-reactive ketones (excluding diaryl/α,β-unsaturated/α-hetero) is 1. The van der Waals surface area contributed by atoms with Crippen molar-refractivity contribution >= 4 is 14.1 Å². The van der Waals surface area contributed by atoms with Gasteiger partial charge in [0.25, 0.3) is 0 Å². The molecule has 0 fully saturated rings. The van der Waals surface area contributed by atoms with E-state index in [1.165, 1.54) is 6.92 Å². The van der Waals surface area contributed by atoms with Gasteiger partial charge in [0.2, 0.25) is 0 Å². The zero-order valence-electron chi connectivity index (χ0n) is 13.2. The van der Waals surface area contributed by atoms with E-state index in [1.54, 1.807) is 0 Å². The maximum Gasteiger partial charge on any atom is 0.192 e. The van der Waals surface area contributed by atoms with Gasteiger partial charge >= 0.3 is 0 Å². The lowest BCUT2D eigenvalue weighted by Gasteiger charge is -2.41. The van der Waals surface area contributed by atoms with Gasteiger partial charge in [-0.3, -0.25) is 4.79 Å². The molecular weight excluding hydrogens is 244 g/mol. The van der Waals surface area contributed by atoms with Crippen LogP contribution >= 0.6 is 0 Å². The summed E-state index contributed by atoms with van der Waals surface area (Å²) in [5, 5.41) is 10.3. The van der Waals surface area contributed by atoms with Crippen molar-refractivity contribution in [3.05, 3.63) is 0 Å². The Morgan fingerprint density at radius 1 is 1.28 bits per heavy atom. The van der Waals surface area contributed by atoms with E-state index < -0.39 is 14.4 Å². The SMILES string of the molecule is CC(=O)C[C@H](O)[C@H](O[Si](C)(C)C(C)(C)C)C(C)C. The van der Waals surface area contributed by atoms with Crippen LogP contribution in [0.2, 0.25) is 18.1 Å². The highest BCUT2D eigenvalue weighted by molar-refractivity contribution is 6.74. The average molecular weight is 274 g/mol. The minimum Gasteiger partial charge on any atom is -0.411 e. The summed E-state index contributed by atoms with van der Waals surface area (Å²) in [6, 6.07) is 0. The fourth-order valence-electron chi connectivity index (χ4n) is 1.59. The van der Waals surface area contributed by atoms with Gasteiger partial charge in [0.1, 0.15) is 5.78 Å². The molecule has 18 heavy (non-hydrogen) atoms. The highest BCUT2D eigenvalue weighted by atomic mass is 28.4. The second-order valence-electron chi connectivity index (χ2n) is 7.06. The lowest BCUT2D eigenvalue weighted by molar-refractivity contribution is -0.121. The number of aliphatic hydroxyl groups is 1. The molecular formula is C14H30O3Si. The molecule has 0 saturated heterocycles. The molecule has 0 aliphatic rings. The third kappa shape index (κ3) is 5.20. The van der Waals surface area contributed by atoms with Crippen LogP contribution in [0.3, 0.4) is 0 Å². The van der Waals surface area contributed by atoms with E-state index in [9.17, 15) is 9.90 Å². The monoisotopic (exact) mass is 274 g/mol. The molecule has 1 N–H and O–H groups in total. The van der Waals surface area contributed by atoms with E-state index >= 15 is 0 Å². The van der Waals surface area contributed by atoms with Crippen LogP contribution in [-0.4, -0.2) is 31.4 Å². The number of carbonyl (C=O) groups is 1. The molecule has 0 saturated carbocycles. The van der Waals surface area contributed by atoms with Gasteiger partial charge in [-0.25, -0.2) is 0 Å². The lowest BCUT2D eigenvalue weighted by Crippen LogP contribution is -2.49. The van der Waals surface area contributed by atoms with Crippen molar-refractivity contribution in [2.75, 3.05) is 0 Å². The van der Waals surface area contributed by atoms with Crippen molar-refractivity contribution < 1.29 is 14.3 Å². The Morgan fingerprint density at radius 2 is 1.72 bits per heavy atom. The predicted octanol–water partition coefficient (Wildman–Crippen LogP) is 3.37. The first-order valence-electron chi connectivity index (χ1n) is 6.74. The molecule has 2 atom stereocenters. The Morgan fingerprint density at radius 3 is 2.00 bits per heavy atom. The van der Waals surface area contributed by atoms with Crippen LogP contribution in [0.4, 0.5) is 0 Å². The molecule has 3 nitrogen and oxygen atoms in total. The van der Waals surface area contributed by atoms with Gasteiger partial charge in [0.15, 0.2) is 8.32 Å². The molecule has 0 rings (SSSR count). The Labute approximate surface area is 113 Å². The van der Waals surface area contributed by atoms with E-state index in [0.717, 1.165) is 0 Å². The van der Waals surface area contributed by atoms with Gasteiger partial charge in [-0.05, 0) is 31.0 Å². The van der Waals surface area contributed by atoms with Gasteiger partial charge in [-0.1, -0.05) is 34.6 Å².